The van der Waals surface area contributed by atoms with Crippen LogP contribution in [0.5, 0.6) is 5.75 Å². The van der Waals surface area contributed by atoms with E-state index in [4.69, 9.17) is 4.74 Å². The predicted molar refractivity (Wildman–Crippen MR) is 127 cm³/mol. The second-order valence-corrected chi connectivity index (χ2v) is 9.36. The molecule has 0 bridgehead atoms. The molecule has 1 fully saturated rings. The number of nitrogens with one attached hydrogen (secondary N) is 2. The number of anilines is 2. The molecule has 0 saturated carbocycles. The van der Waals surface area contributed by atoms with Crippen molar-refractivity contribution in [3.8, 4) is 5.75 Å². The fraction of sp³-hybridized carbons (Fsp3) is 0.208. The fourth-order valence-corrected chi connectivity index (χ4v) is 4.80. The predicted octanol–water partition coefficient (Wildman–Crippen LogP) is 2.95. The molecule has 2 amide bonds. The third kappa shape index (κ3) is 5.01. The van der Waals surface area contributed by atoms with Crippen molar-refractivity contribution < 1.29 is 22.7 Å². The highest BCUT2D eigenvalue weighted by Gasteiger charge is 2.27. The average molecular weight is 481 g/mol. The molecule has 1 aliphatic heterocycles. The molecule has 1 aromatic heterocycles. The van der Waals surface area contributed by atoms with Crippen molar-refractivity contribution in [3.63, 3.8) is 0 Å². The summed E-state index contributed by atoms with van der Waals surface area (Å²) in [4.78, 5) is 30.5. The minimum atomic E-state index is -4.06. The van der Waals surface area contributed by atoms with E-state index in [0.717, 1.165) is 5.56 Å². The molecule has 176 valence electrons. The lowest BCUT2D eigenvalue weighted by Gasteiger charge is -2.20. The number of carbonyl (C=O) groups excluding carboxylic acids is 2. The molecular weight excluding hydrogens is 456 g/mol. The van der Waals surface area contributed by atoms with Gasteiger partial charge in [-0.15, -0.1) is 0 Å². The van der Waals surface area contributed by atoms with E-state index in [2.05, 4.69) is 15.0 Å². The SMILES string of the molecule is COc1ccc(S(=O)(=O)Nc2ccccc2C(=O)NCc2cccnc2)cc1N1CCCC1=O. The van der Waals surface area contributed by atoms with E-state index >= 15 is 0 Å². The van der Waals surface area contributed by atoms with Gasteiger partial charge < -0.3 is 15.0 Å². The number of nitrogens with zero attached hydrogens (tertiary/aromatic N) is 2. The lowest BCUT2D eigenvalue weighted by Crippen LogP contribution is -2.26. The molecule has 3 aromatic rings. The van der Waals surface area contributed by atoms with Gasteiger partial charge in [0.15, 0.2) is 0 Å². The summed E-state index contributed by atoms with van der Waals surface area (Å²) >= 11 is 0. The van der Waals surface area contributed by atoms with Crippen LogP contribution in [0.15, 0.2) is 71.9 Å². The molecule has 2 heterocycles. The Kier molecular flexibility index (Phi) is 6.78. The fourth-order valence-electron chi connectivity index (χ4n) is 3.70. The number of sulfonamides is 1. The van der Waals surface area contributed by atoms with Gasteiger partial charge >= 0.3 is 0 Å². The summed E-state index contributed by atoms with van der Waals surface area (Å²) in [7, 11) is -2.60. The minimum Gasteiger partial charge on any atom is -0.495 e. The summed E-state index contributed by atoms with van der Waals surface area (Å²) < 4.78 is 34.3. The Morgan fingerprint density at radius 1 is 1.15 bits per heavy atom. The monoisotopic (exact) mass is 480 g/mol. The quantitative estimate of drug-likeness (QED) is 0.512. The molecule has 34 heavy (non-hydrogen) atoms. The van der Waals surface area contributed by atoms with Crippen molar-refractivity contribution in [2.75, 3.05) is 23.3 Å². The number of rotatable bonds is 8. The Bertz CT molecular complexity index is 1310. The lowest BCUT2D eigenvalue weighted by molar-refractivity contribution is -0.117. The van der Waals surface area contributed by atoms with Gasteiger partial charge in [-0.05, 0) is 48.4 Å². The molecule has 2 aromatic carbocycles. The van der Waals surface area contributed by atoms with E-state index in [1.165, 1.54) is 36.3 Å². The van der Waals surface area contributed by atoms with Gasteiger partial charge in [-0.2, -0.15) is 0 Å². The van der Waals surface area contributed by atoms with Crippen LogP contribution in [0.1, 0.15) is 28.8 Å². The highest BCUT2D eigenvalue weighted by molar-refractivity contribution is 7.92. The summed E-state index contributed by atoms with van der Waals surface area (Å²) in [5.41, 5.74) is 1.53. The summed E-state index contributed by atoms with van der Waals surface area (Å²) in [6.07, 6.45) is 4.37. The van der Waals surface area contributed by atoms with Gasteiger partial charge in [0.25, 0.3) is 15.9 Å². The van der Waals surface area contributed by atoms with Crippen molar-refractivity contribution in [2.45, 2.75) is 24.3 Å². The maximum absolute atomic E-state index is 13.2. The number of hydrogen-bond donors (Lipinski definition) is 2. The third-order valence-corrected chi connectivity index (χ3v) is 6.78. The molecule has 0 atom stereocenters. The maximum Gasteiger partial charge on any atom is 0.261 e. The number of hydrogen-bond acceptors (Lipinski definition) is 6. The smallest absolute Gasteiger partial charge is 0.261 e. The lowest BCUT2D eigenvalue weighted by atomic mass is 10.1. The van der Waals surface area contributed by atoms with E-state index in [1.807, 2.05) is 6.07 Å². The number of pyridine rings is 1. The molecule has 1 aliphatic rings. The Balaban J connectivity index is 1.58. The first kappa shape index (κ1) is 23.2. The minimum absolute atomic E-state index is 0.0476. The molecule has 0 radical (unpaired) electrons. The zero-order chi connectivity index (χ0) is 24.1. The second kappa shape index (κ2) is 9.92. The normalized spacial score (nSPS) is 13.6. The van der Waals surface area contributed by atoms with E-state index < -0.39 is 15.9 Å². The number of benzene rings is 2. The van der Waals surface area contributed by atoms with E-state index in [1.54, 1.807) is 36.7 Å². The van der Waals surface area contributed by atoms with Gasteiger partial charge in [-0.1, -0.05) is 18.2 Å². The van der Waals surface area contributed by atoms with Crippen LogP contribution in [-0.4, -0.2) is 38.9 Å². The van der Waals surface area contributed by atoms with Crippen molar-refractivity contribution >= 4 is 33.2 Å². The van der Waals surface area contributed by atoms with Crippen LogP contribution < -0.4 is 19.7 Å². The first-order valence-electron chi connectivity index (χ1n) is 10.7. The molecule has 2 N–H and O–H groups in total. The van der Waals surface area contributed by atoms with E-state index in [0.29, 0.717) is 30.8 Å². The zero-order valence-corrected chi connectivity index (χ0v) is 19.3. The highest BCUT2D eigenvalue weighted by Crippen LogP contribution is 2.34. The number of aromatic nitrogens is 1. The molecule has 0 unspecified atom stereocenters. The van der Waals surface area contributed by atoms with Crippen LogP contribution >= 0.6 is 0 Å². The molecule has 1 saturated heterocycles. The van der Waals surface area contributed by atoms with Gasteiger partial charge in [-0.3, -0.25) is 19.3 Å². The number of para-hydroxylation sites is 1. The molecule has 4 rings (SSSR count). The molecule has 0 aliphatic carbocycles. The first-order valence-corrected chi connectivity index (χ1v) is 12.1. The van der Waals surface area contributed by atoms with Gasteiger partial charge in [0.2, 0.25) is 5.91 Å². The van der Waals surface area contributed by atoms with Gasteiger partial charge in [0, 0.05) is 31.9 Å². The van der Waals surface area contributed by atoms with Crippen LogP contribution in [0.3, 0.4) is 0 Å². The van der Waals surface area contributed by atoms with Gasteiger partial charge in [0.1, 0.15) is 5.75 Å². The third-order valence-electron chi connectivity index (χ3n) is 5.42. The first-order chi connectivity index (χ1) is 16.4. The largest absolute Gasteiger partial charge is 0.495 e. The molecule has 10 heteroatoms. The van der Waals surface area contributed by atoms with Gasteiger partial charge in [0.05, 0.1) is 28.9 Å². The Morgan fingerprint density at radius 3 is 2.68 bits per heavy atom. The van der Waals surface area contributed by atoms with Crippen LogP contribution in [0, 0.1) is 0 Å². The average Bonchev–Trinajstić information content (AvgIpc) is 3.28. The van der Waals surface area contributed by atoms with Crippen LogP contribution in [0.25, 0.3) is 0 Å². The molecular formula is C24H24N4O5S. The van der Waals surface area contributed by atoms with Crippen molar-refractivity contribution in [3.05, 3.63) is 78.1 Å². The van der Waals surface area contributed by atoms with Crippen LogP contribution in [0.4, 0.5) is 11.4 Å². The van der Waals surface area contributed by atoms with Crippen molar-refractivity contribution in [1.29, 1.82) is 0 Å². The number of carbonyl (C=O) groups is 2. The maximum atomic E-state index is 13.2. The summed E-state index contributed by atoms with van der Waals surface area (Å²) in [5, 5.41) is 2.77. The van der Waals surface area contributed by atoms with Crippen molar-refractivity contribution in [2.24, 2.45) is 0 Å². The van der Waals surface area contributed by atoms with Crippen LogP contribution in [-0.2, 0) is 21.4 Å². The van der Waals surface area contributed by atoms with Gasteiger partial charge in [-0.25, -0.2) is 8.42 Å². The number of amides is 2. The molecule has 0 spiro atoms. The topological polar surface area (TPSA) is 118 Å². The second-order valence-electron chi connectivity index (χ2n) is 7.68. The molecule has 9 nitrogen and oxygen atoms in total. The highest BCUT2D eigenvalue weighted by atomic mass is 32.2. The Morgan fingerprint density at radius 2 is 1.97 bits per heavy atom. The number of ether oxygens (including phenoxy) is 1. The van der Waals surface area contributed by atoms with Crippen molar-refractivity contribution in [1.82, 2.24) is 10.3 Å². The summed E-state index contributed by atoms with van der Waals surface area (Å²) in [6, 6.07) is 14.3. The summed E-state index contributed by atoms with van der Waals surface area (Å²) in [6.45, 7) is 0.742. The van der Waals surface area contributed by atoms with E-state index in [9.17, 15) is 18.0 Å². The zero-order valence-electron chi connectivity index (χ0n) is 18.5. The standard InChI is InChI=1S/C24H24N4O5S/c1-33-22-11-10-18(14-21(22)28-13-5-9-23(28)29)34(31,32)27-20-8-3-2-7-19(20)24(30)26-16-17-6-4-12-25-15-17/h2-4,6-8,10-12,14-15,27H,5,9,13,16H2,1H3,(H,26,30). The van der Waals surface area contributed by atoms with Crippen LogP contribution in [0.2, 0.25) is 0 Å². The Labute approximate surface area is 197 Å². The Hall–Kier alpha value is -3.92. The number of methoxy groups -OCH3 is 1. The summed E-state index contributed by atoms with van der Waals surface area (Å²) in [5.74, 6) is -0.110. The van der Waals surface area contributed by atoms with E-state index in [-0.39, 0.29) is 28.6 Å².